The third-order valence-corrected chi connectivity index (χ3v) is 6.04. The van der Waals surface area contributed by atoms with Crippen LogP contribution in [0, 0.1) is 5.82 Å². The second-order valence-electron chi connectivity index (χ2n) is 8.84. The number of likely N-dealkylation sites (tertiary alicyclic amines) is 1. The molecule has 2 N–H and O–H groups in total. The molecule has 2 aliphatic rings. The summed E-state index contributed by atoms with van der Waals surface area (Å²) in [7, 11) is 1.91. The molecule has 0 aliphatic carbocycles. The summed E-state index contributed by atoms with van der Waals surface area (Å²) in [4.78, 5) is 52.7. The van der Waals surface area contributed by atoms with Gasteiger partial charge in [-0.1, -0.05) is 12.1 Å². The summed E-state index contributed by atoms with van der Waals surface area (Å²) in [5.41, 5.74) is 0.637. The molecule has 1 unspecified atom stereocenters. The highest BCUT2D eigenvalue weighted by molar-refractivity contribution is 5.96. The number of pyridine rings is 1. The Balaban J connectivity index is 0.000000349. The fourth-order valence-corrected chi connectivity index (χ4v) is 3.96. The second kappa shape index (κ2) is 12.9. The molecule has 2 aromatic rings. The van der Waals surface area contributed by atoms with Gasteiger partial charge in [-0.25, -0.2) is 14.0 Å². The highest BCUT2D eigenvalue weighted by atomic mass is 19.4. The first-order chi connectivity index (χ1) is 18.9. The molecule has 1 aromatic carbocycles. The molecule has 3 heterocycles. The van der Waals surface area contributed by atoms with Crippen molar-refractivity contribution in [3.8, 4) is 0 Å². The average Bonchev–Trinajstić information content (AvgIpc) is 3.31. The van der Waals surface area contributed by atoms with Gasteiger partial charge in [0.25, 0.3) is 5.91 Å². The first-order valence-corrected chi connectivity index (χ1v) is 11.4. The SMILES string of the molecule is CN1CC(=O)N(c2cccc(F)c2)CC12CCN(C(=O)c1ccccn1)C2.O=C(O)C(F)(F)F.O=C(O)C(F)(F)F. The van der Waals surface area contributed by atoms with Gasteiger partial charge in [-0.05, 0) is 43.8 Å². The van der Waals surface area contributed by atoms with Gasteiger partial charge >= 0.3 is 24.3 Å². The predicted octanol–water partition coefficient (Wildman–Crippen LogP) is 3.05. The van der Waals surface area contributed by atoms with Crippen molar-refractivity contribution >= 4 is 29.4 Å². The van der Waals surface area contributed by atoms with E-state index in [0.717, 1.165) is 6.42 Å². The number of aromatic nitrogens is 1. The maximum Gasteiger partial charge on any atom is 0.490 e. The molecule has 1 spiro atoms. The van der Waals surface area contributed by atoms with Gasteiger partial charge < -0.3 is 20.0 Å². The van der Waals surface area contributed by atoms with Crippen molar-refractivity contribution in [2.45, 2.75) is 24.3 Å². The van der Waals surface area contributed by atoms with E-state index in [2.05, 4.69) is 4.98 Å². The van der Waals surface area contributed by atoms with Crippen molar-refractivity contribution in [1.29, 1.82) is 0 Å². The van der Waals surface area contributed by atoms with Crippen molar-refractivity contribution in [2.75, 3.05) is 38.1 Å². The van der Waals surface area contributed by atoms with E-state index >= 15 is 0 Å². The lowest BCUT2D eigenvalue weighted by Crippen LogP contribution is -2.64. The van der Waals surface area contributed by atoms with Crippen LogP contribution >= 0.6 is 0 Å². The molecule has 0 bridgehead atoms. The van der Waals surface area contributed by atoms with Crippen LogP contribution in [0.5, 0.6) is 0 Å². The maximum absolute atomic E-state index is 13.6. The summed E-state index contributed by atoms with van der Waals surface area (Å²) in [5.74, 6) is -6.05. The lowest BCUT2D eigenvalue weighted by atomic mass is 9.92. The summed E-state index contributed by atoms with van der Waals surface area (Å²) in [6.45, 7) is 1.78. The average molecular weight is 596 g/mol. The van der Waals surface area contributed by atoms with Gasteiger partial charge in [0.05, 0.1) is 12.1 Å². The van der Waals surface area contributed by atoms with Crippen LogP contribution in [0.2, 0.25) is 0 Å². The Morgan fingerprint density at radius 3 is 2.00 bits per heavy atom. The van der Waals surface area contributed by atoms with Gasteiger partial charge in [0, 0.05) is 31.5 Å². The molecule has 41 heavy (non-hydrogen) atoms. The zero-order chi connectivity index (χ0) is 31.2. The third kappa shape index (κ3) is 8.86. The standard InChI is InChI=1S/C20H21FN4O2.2C2HF3O2/c1-23-12-18(26)25(16-6-4-5-15(21)11-16)14-20(23)8-10-24(13-20)19(27)17-7-2-3-9-22-17;2*3-2(4,5)1(6)7/h2-7,9,11H,8,10,12-14H2,1H3;2*(H,6,7). The fourth-order valence-electron chi connectivity index (χ4n) is 3.96. The van der Waals surface area contributed by atoms with Gasteiger partial charge in [0.15, 0.2) is 0 Å². The number of hydrogen-bond donors (Lipinski definition) is 2. The number of carbonyl (C=O) groups excluding carboxylic acids is 2. The van der Waals surface area contributed by atoms with Gasteiger partial charge in [-0.2, -0.15) is 26.3 Å². The number of benzene rings is 1. The van der Waals surface area contributed by atoms with Crippen LogP contribution in [-0.4, -0.2) is 99.9 Å². The van der Waals surface area contributed by atoms with Crippen LogP contribution in [0.15, 0.2) is 48.7 Å². The number of halogens is 7. The van der Waals surface area contributed by atoms with Crippen LogP contribution in [0.4, 0.5) is 36.4 Å². The number of alkyl halides is 6. The highest BCUT2D eigenvalue weighted by Crippen LogP contribution is 2.34. The molecule has 2 saturated heterocycles. The van der Waals surface area contributed by atoms with Gasteiger partial charge in [0.1, 0.15) is 11.5 Å². The molecule has 2 amide bonds. The molecule has 224 valence electrons. The Morgan fingerprint density at radius 1 is 0.927 bits per heavy atom. The van der Waals surface area contributed by atoms with Gasteiger partial charge in [-0.3, -0.25) is 19.5 Å². The second-order valence-corrected chi connectivity index (χ2v) is 8.84. The maximum atomic E-state index is 13.6. The number of carbonyl (C=O) groups is 4. The van der Waals surface area contributed by atoms with E-state index < -0.39 is 24.3 Å². The Bertz CT molecular complexity index is 1240. The summed E-state index contributed by atoms with van der Waals surface area (Å²) in [6, 6.07) is 11.4. The van der Waals surface area contributed by atoms with Gasteiger partial charge in [-0.15, -0.1) is 0 Å². The number of anilines is 1. The number of carboxylic acids is 2. The summed E-state index contributed by atoms with van der Waals surface area (Å²) < 4.78 is 77.1. The molecule has 0 radical (unpaired) electrons. The number of rotatable bonds is 2. The zero-order valence-electron chi connectivity index (χ0n) is 21.1. The van der Waals surface area contributed by atoms with Crippen LogP contribution < -0.4 is 4.90 Å². The van der Waals surface area contributed by atoms with Crippen LogP contribution in [0.3, 0.4) is 0 Å². The van der Waals surface area contributed by atoms with Crippen molar-refractivity contribution < 1.29 is 60.1 Å². The number of carboxylic acid groups (broad SMARTS) is 2. The third-order valence-electron chi connectivity index (χ3n) is 6.04. The summed E-state index contributed by atoms with van der Waals surface area (Å²) in [6.07, 6.45) is -7.81. The number of nitrogens with zero attached hydrogens (tertiary/aromatic N) is 4. The van der Waals surface area contributed by atoms with Crippen LogP contribution in [-0.2, 0) is 14.4 Å². The zero-order valence-corrected chi connectivity index (χ0v) is 21.1. The fraction of sp³-hybridized carbons (Fsp3) is 0.375. The Morgan fingerprint density at radius 2 is 1.51 bits per heavy atom. The first-order valence-electron chi connectivity index (χ1n) is 11.4. The van der Waals surface area contributed by atoms with Crippen molar-refractivity contribution in [2.24, 2.45) is 0 Å². The number of likely N-dealkylation sites (N-methyl/N-ethyl adjacent to an activating group) is 1. The minimum absolute atomic E-state index is 0.0665. The number of amides is 2. The number of piperazine rings is 1. The molecule has 0 saturated carbocycles. The van der Waals surface area contributed by atoms with E-state index in [4.69, 9.17) is 19.8 Å². The van der Waals surface area contributed by atoms with E-state index in [9.17, 15) is 40.3 Å². The molecule has 1 atom stereocenters. The smallest absolute Gasteiger partial charge is 0.475 e. The first kappa shape index (κ1) is 32.9. The summed E-state index contributed by atoms with van der Waals surface area (Å²) in [5, 5.41) is 14.2. The molecule has 4 rings (SSSR count). The van der Waals surface area contributed by atoms with Crippen molar-refractivity contribution in [3.05, 3.63) is 60.2 Å². The number of aliphatic carboxylic acids is 2. The molecular weight excluding hydrogens is 573 g/mol. The monoisotopic (exact) mass is 596 g/mol. The van der Waals surface area contributed by atoms with E-state index in [-0.39, 0.29) is 29.7 Å². The van der Waals surface area contributed by atoms with Crippen LogP contribution in [0.25, 0.3) is 0 Å². The molecule has 10 nitrogen and oxygen atoms in total. The minimum Gasteiger partial charge on any atom is -0.475 e. The predicted molar refractivity (Wildman–Crippen MR) is 126 cm³/mol. The molecular formula is C24H23F7N4O6. The minimum atomic E-state index is -5.08. The lowest BCUT2D eigenvalue weighted by Gasteiger charge is -2.46. The van der Waals surface area contributed by atoms with E-state index in [1.165, 1.54) is 12.1 Å². The largest absolute Gasteiger partial charge is 0.490 e. The number of hydrogen-bond acceptors (Lipinski definition) is 6. The summed E-state index contributed by atoms with van der Waals surface area (Å²) >= 11 is 0. The molecule has 17 heteroatoms. The van der Waals surface area contributed by atoms with Crippen molar-refractivity contribution in [3.63, 3.8) is 0 Å². The van der Waals surface area contributed by atoms with E-state index in [1.54, 1.807) is 46.3 Å². The topological polar surface area (TPSA) is 131 Å². The Hall–Kier alpha value is -4.28. The van der Waals surface area contributed by atoms with Gasteiger partial charge in [0.2, 0.25) is 5.91 Å². The lowest BCUT2D eigenvalue weighted by molar-refractivity contribution is -0.193. The van der Waals surface area contributed by atoms with Crippen molar-refractivity contribution in [1.82, 2.24) is 14.8 Å². The Labute approximate surface area is 227 Å². The normalized spacial score (nSPS) is 19.2. The van der Waals surface area contributed by atoms with E-state index in [1.807, 2.05) is 11.9 Å². The quantitative estimate of drug-likeness (QED) is 0.506. The molecule has 2 fully saturated rings. The molecule has 1 aromatic heterocycles. The molecule has 2 aliphatic heterocycles. The highest BCUT2D eigenvalue weighted by Gasteiger charge is 2.49. The van der Waals surface area contributed by atoms with Crippen LogP contribution in [0.1, 0.15) is 16.9 Å². The van der Waals surface area contributed by atoms with E-state index in [0.29, 0.717) is 31.0 Å². The Kier molecular flexibility index (Phi) is 10.4.